The number of aromatic nitrogens is 2. The Balaban J connectivity index is 1.58. The van der Waals surface area contributed by atoms with Crippen molar-refractivity contribution in [2.45, 2.75) is 33.9 Å². The number of carbonyl (C=O) groups is 1. The molecule has 32 heavy (non-hydrogen) atoms. The Kier molecular flexibility index (Phi) is 6.32. The fourth-order valence-corrected chi connectivity index (χ4v) is 3.89. The molecule has 1 amide bonds. The molecule has 0 unspecified atom stereocenters. The molecule has 0 fully saturated rings. The van der Waals surface area contributed by atoms with E-state index in [1.807, 2.05) is 26.2 Å². The molecule has 4 aromatic rings. The molecule has 6 nitrogen and oxygen atoms in total. The van der Waals surface area contributed by atoms with Crippen LogP contribution in [-0.4, -0.2) is 16.0 Å². The molecule has 0 saturated heterocycles. The minimum Gasteiger partial charge on any atom is -0.489 e. The van der Waals surface area contributed by atoms with Crippen molar-refractivity contribution < 1.29 is 18.4 Å². The number of halogens is 1. The van der Waals surface area contributed by atoms with Gasteiger partial charge in [0.1, 0.15) is 23.9 Å². The first-order valence-corrected chi connectivity index (χ1v) is 10.9. The Morgan fingerprint density at radius 2 is 1.94 bits per heavy atom. The third-order valence-corrected chi connectivity index (χ3v) is 5.84. The molecule has 2 heterocycles. The second kappa shape index (κ2) is 9.32. The second-order valence-corrected chi connectivity index (χ2v) is 8.41. The van der Waals surface area contributed by atoms with Crippen molar-refractivity contribution >= 4 is 22.9 Å². The van der Waals surface area contributed by atoms with E-state index in [9.17, 15) is 9.18 Å². The Morgan fingerprint density at radius 1 is 1.16 bits per heavy atom. The van der Waals surface area contributed by atoms with Crippen molar-refractivity contribution in [3.63, 3.8) is 0 Å². The normalized spacial score (nSPS) is 10.9. The highest BCUT2D eigenvalue weighted by Gasteiger charge is 2.20. The summed E-state index contributed by atoms with van der Waals surface area (Å²) in [5.41, 5.74) is 3.47. The van der Waals surface area contributed by atoms with E-state index >= 15 is 0 Å². The van der Waals surface area contributed by atoms with E-state index < -0.39 is 0 Å². The van der Waals surface area contributed by atoms with Gasteiger partial charge < -0.3 is 14.2 Å². The molecule has 164 valence electrons. The number of thiazole rings is 1. The van der Waals surface area contributed by atoms with E-state index in [1.54, 1.807) is 41.3 Å². The van der Waals surface area contributed by atoms with Crippen molar-refractivity contribution in [2.24, 2.45) is 0 Å². The van der Waals surface area contributed by atoms with Gasteiger partial charge in [0.2, 0.25) is 0 Å². The van der Waals surface area contributed by atoms with Gasteiger partial charge in [0.25, 0.3) is 5.91 Å². The molecule has 0 aliphatic heterocycles. The van der Waals surface area contributed by atoms with Crippen LogP contribution in [0, 0.1) is 26.6 Å². The molecular weight excluding hydrogens is 429 g/mol. The van der Waals surface area contributed by atoms with Crippen LogP contribution in [0.25, 0.3) is 0 Å². The molecule has 0 bridgehead atoms. The lowest BCUT2D eigenvalue weighted by atomic mass is 10.1. The van der Waals surface area contributed by atoms with Crippen LogP contribution >= 0.6 is 11.3 Å². The Labute approximate surface area is 189 Å². The number of benzene rings is 2. The van der Waals surface area contributed by atoms with Gasteiger partial charge in [-0.15, -0.1) is 11.3 Å². The molecule has 0 radical (unpaired) electrons. The van der Waals surface area contributed by atoms with Gasteiger partial charge in [0, 0.05) is 16.6 Å². The number of aryl methyl sites for hydroxylation is 3. The number of carbonyl (C=O) groups excluding carboxylic acids is 1. The van der Waals surface area contributed by atoms with Crippen molar-refractivity contribution in [1.29, 1.82) is 0 Å². The molecule has 4 rings (SSSR count). The predicted molar refractivity (Wildman–Crippen MR) is 121 cm³/mol. The van der Waals surface area contributed by atoms with Gasteiger partial charge in [-0.2, -0.15) is 0 Å². The molecule has 0 atom stereocenters. The third kappa shape index (κ3) is 4.86. The number of anilines is 1. The molecule has 0 aliphatic carbocycles. The molecule has 2 aromatic heterocycles. The molecule has 0 spiro atoms. The van der Waals surface area contributed by atoms with E-state index in [0.717, 1.165) is 22.0 Å². The molecular formula is C24H22FN3O3S. The van der Waals surface area contributed by atoms with E-state index in [1.165, 1.54) is 23.5 Å². The highest BCUT2D eigenvalue weighted by Crippen LogP contribution is 2.24. The lowest BCUT2D eigenvalue weighted by molar-refractivity contribution is 0.0984. The van der Waals surface area contributed by atoms with Gasteiger partial charge in [-0.1, -0.05) is 11.2 Å². The van der Waals surface area contributed by atoms with E-state index in [2.05, 4.69) is 10.1 Å². The van der Waals surface area contributed by atoms with Gasteiger partial charge in [-0.05, 0) is 63.2 Å². The summed E-state index contributed by atoms with van der Waals surface area (Å²) in [6.45, 7) is 6.17. The Morgan fingerprint density at radius 3 is 2.59 bits per heavy atom. The van der Waals surface area contributed by atoms with Crippen LogP contribution in [0.2, 0.25) is 0 Å². The summed E-state index contributed by atoms with van der Waals surface area (Å²) in [5, 5.41) is 6.77. The van der Waals surface area contributed by atoms with E-state index in [-0.39, 0.29) is 18.3 Å². The highest BCUT2D eigenvalue weighted by molar-refractivity contribution is 7.09. The van der Waals surface area contributed by atoms with Crippen molar-refractivity contribution in [3.05, 3.63) is 93.0 Å². The zero-order chi connectivity index (χ0) is 22.7. The largest absolute Gasteiger partial charge is 0.489 e. The van der Waals surface area contributed by atoms with Crippen LogP contribution < -0.4 is 9.64 Å². The van der Waals surface area contributed by atoms with Gasteiger partial charge in [0.15, 0.2) is 0 Å². The summed E-state index contributed by atoms with van der Waals surface area (Å²) in [5.74, 6) is 0.667. The Bertz CT molecular complexity index is 1210. The van der Waals surface area contributed by atoms with Crippen LogP contribution in [0.1, 0.15) is 38.1 Å². The first-order valence-electron chi connectivity index (χ1n) is 10.0. The Hall–Kier alpha value is -3.52. The summed E-state index contributed by atoms with van der Waals surface area (Å²) >= 11 is 1.52. The van der Waals surface area contributed by atoms with Crippen molar-refractivity contribution in [2.75, 3.05) is 4.90 Å². The van der Waals surface area contributed by atoms with Crippen LogP contribution in [0.5, 0.6) is 5.75 Å². The van der Waals surface area contributed by atoms with Gasteiger partial charge in [0.05, 0.1) is 28.5 Å². The van der Waals surface area contributed by atoms with Crippen LogP contribution in [0.3, 0.4) is 0 Å². The smallest absolute Gasteiger partial charge is 0.258 e. The molecule has 0 aliphatic rings. The van der Waals surface area contributed by atoms with Crippen molar-refractivity contribution in [3.8, 4) is 5.75 Å². The number of hydrogen-bond acceptors (Lipinski definition) is 6. The maximum absolute atomic E-state index is 13.5. The number of nitrogens with zero attached hydrogens (tertiary/aromatic N) is 3. The van der Waals surface area contributed by atoms with Gasteiger partial charge in [-0.25, -0.2) is 9.37 Å². The first-order chi connectivity index (χ1) is 15.4. The fraction of sp³-hybridized carbons (Fsp3) is 0.208. The third-order valence-electron chi connectivity index (χ3n) is 5.02. The summed E-state index contributed by atoms with van der Waals surface area (Å²) in [7, 11) is 0. The van der Waals surface area contributed by atoms with Gasteiger partial charge in [-0.3, -0.25) is 4.79 Å². The first kappa shape index (κ1) is 21.7. The van der Waals surface area contributed by atoms with Crippen LogP contribution in [0.15, 0.2) is 58.4 Å². The minimum atomic E-state index is -0.361. The summed E-state index contributed by atoms with van der Waals surface area (Å²) < 4.78 is 24.5. The SMILES string of the molecule is Cc1nc(CN(C(=O)c2cccc(OCc3c(C)noc3C)c2)c2ccc(F)cc2)cs1. The summed E-state index contributed by atoms with van der Waals surface area (Å²) in [6, 6.07) is 12.8. The minimum absolute atomic E-state index is 0.231. The average Bonchev–Trinajstić information content (AvgIpc) is 3.35. The number of hydrogen-bond donors (Lipinski definition) is 0. The second-order valence-electron chi connectivity index (χ2n) is 7.34. The van der Waals surface area contributed by atoms with E-state index in [0.29, 0.717) is 29.4 Å². The van der Waals surface area contributed by atoms with Crippen LogP contribution in [-0.2, 0) is 13.2 Å². The predicted octanol–water partition coefficient (Wildman–Crippen LogP) is 5.62. The zero-order valence-electron chi connectivity index (χ0n) is 18.0. The quantitative estimate of drug-likeness (QED) is 0.365. The maximum atomic E-state index is 13.5. The summed E-state index contributed by atoms with van der Waals surface area (Å²) in [6.07, 6.45) is 0. The molecule has 0 N–H and O–H groups in total. The van der Waals surface area contributed by atoms with E-state index in [4.69, 9.17) is 9.26 Å². The average molecular weight is 452 g/mol. The number of ether oxygens (including phenoxy) is 1. The van der Waals surface area contributed by atoms with Crippen LogP contribution in [0.4, 0.5) is 10.1 Å². The zero-order valence-corrected chi connectivity index (χ0v) is 18.8. The molecule has 0 saturated carbocycles. The fourth-order valence-electron chi connectivity index (χ4n) is 3.28. The lowest BCUT2D eigenvalue weighted by Gasteiger charge is -2.22. The van der Waals surface area contributed by atoms with Crippen molar-refractivity contribution in [1.82, 2.24) is 10.1 Å². The monoisotopic (exact) mass is 451 g/mol. The number of amides is 1. The molecule has 2 aromatic carbocycles. The lowest BCUT2D eigenvalue weighted by Crippen LogP contribution is -2.30. The number of rotatable bonds is 7. The topological polar surface area (TPSA) is 68.5 Å². The maximum Gasteiger partial charge on any atom is 0.258 e. The van der Waals surface area contributed by atoms with Gasteiger partial charge >= 0.3 is 0 Å². The highest BCUT2D eigenvalue weighted by atomic mass is 32.1. The molecule has 8 heteroatoms. The standard InChI is InChI=1S/C24H22FN3O3S/c1-15-23(16(2)31-27-15)13-30-22-6-4-5-18(11-22)24(29)28(12-20-14-32-17(3)26-20)21-9-7-19(25)8-10-21/h4-11,14H,12-13H2,1-3H3. The summed E-state index contributed by atoms with van der Waals surface area (Å²) in [4.78, 5) is 19.5.